The number of rotatable bonds is 3. The molecule has 0 amide bonds. The average molecular weight is 278 g/mol. The van der Waals surface area contributed by atoms with E-state index in [9.17, 15) is 9.90 Å². The summed E-state index contributed by atoms with van der Waals surface area (Å²) in [6.45, 7) is -0.889. The number of aliphatic hydroxyl groups excluding tert-OH is 1. The van der Waals surface area contributed by atoms with E-state index in [0.717, 1.165) is 6.08 Å². The first kappa shape index (κ1) is 16.9. The smallest absolute Gasteiger partial charge is 0.548 e. The summed E-state index contributed by atoms with van der Waals surface area (Å²) >= 11 is 0. The van der Waals surface area contributed by atoms with E-state index in [0.29, 0.717) is 5.69 Å². The molecule has 0 unspecified atom stereocenters. The molecule has 0 radical (unpaired) electrons. The van der Waals surface area contributed by atoms with Crippen molar-refractivity contribution in [1.82, 2.24) is 9.97 Å². The Morgan fingerprint density at radius 2 is 2.06 bits per heavy atom. The fraction of sp³-hybridized carbons (Fsp3) is 0.125. The topological polar surface area (TPSA) is 129 Å². The van der Waals surface area contributed by atoms with Gasteiger partial charge in [0.05, 0.1) is 30.6 Å². The van der Waals surface area contributed by atoms with Crippen molar-refractivity contribution in [3.63, 3.8) is 0 Å². The van der Waals surface area contributed by atoms with Crippen LogP contribution in [0.25, 0.3) is 6.08 Å². The Balaban J connectivity index is 0. The van der Waals surface area contributed by atoms with Crippen molar-refractivity contribution < 1.29 is 44.4 Å². The Morgan fingerprint density at radius 1 is 1.50 bits per heavy atom. The van der Waals surface area contributed by atoms with Gasteiger partial charge in [0.25, 0.3) is 0 Å². The van der Waals surface area contributed by atoms with Gasteiger partial charge in [-0.15, -0.1) is 0 Å². The zero-order chi connectivity index (χ0) is 11.7. The largest absolute Gasteiger partial charge is 2.00 e. The average Bonchev–Trinajstić information content (AvgIpc) is 2.68. The van der Waals surface area contributed by atoms with Crippen molar-refractivity contribution in [1.29, 1.82) is 0 Å². The molecule has 7 nitrogen and oxygen atoms in total. The Hall–Kier alpha value is -1.53. The summed E-state index contributed by atoms with van der Waals surface area (Å²) in [7, 11) is 0. The summed E-state index contributed by atoms with van der Waals surface area (Å²) in [6.07, 6.45) is 5.33. The van der Waals surface area contributed by atoms with Crippen LogP contribution in [-0.4, -0.2) is 33.6 Å². The van der Waals surface area contributed by atoms with E-state index < -0.39 is 18.5 Å². The van der Waals surface area contributed by atoms with E-state index in [1.165, 1.54) is 12.4 Å². The number of aromatic amines is 1. The molecular formula is C8H8N2O5Zn. The standard InChI is InChI=1S/C6H6N2O2.C2H4O3.Zn/c9-6(10)2-1-5-3-7-4-8-5;3-1-2(4)5;/h1-4H,(H,7,8)(H,9,10);3H,1H2,(H,4,5);/q;;+2/p-2. The molecule has 0 saturated carbocycles. The van der Waals surface area contributed by atoms with Crippen LogP contribution in [0, 0.1) is 0 Å². The Morgan fingerprint density at radius 3 is 2.38 bits per heavy atom. The number of hydrogen-bond acceptors (Lipinski definition) is 6. The second-order valence-corrected chi connectivity index (χ2v) is 2.18. The number of carboxylic acids is 2. The third kappa shape index (κ3) is 10.6. The Kier molecular flexibility index (Phi) is 10.6. The van der Waals surface area contributed by atoms with Crippen LogP contribution < -0.4 is 10.2 Å². The van der Waals surface area contributed by atoms with Gasteiger partial charge in [-0.05, 0) is 12.2 Å². The number of aliphatic hydroxyl groups is 1. The Labute approximate surface area is 104 Å². The molecule has 0 aliphatic rings. The molecule has 1 rings (SSSR count). The van der Waals surface area contributed by atoms with Crippen molar-refractivity contribution in [2.24, 2.45) is 0 Å². The molecule has 0 aromatic carbocycles. The van der Waals surface area contributed by atoms with Gasteiger partial charge in [-0.2, -0.15) is 0 Å². The van der Waals surface area contributed by atoms with Crippen molar-refractivity contribution in [3.05, 3.63) is 24.3 Å². The number of carbonyl (C=O) groups is 2. The summed E-state index contributed by atoms with van der Waals surface area (Å²) in [5.74, 6) is -2.66. The first-order valence-corrected chi connectivity index (χ1v) is 3.74. The van der Waals surface area contributed by atoms with Crippen LogP contribution in [0.3, 0.4) is 0 Å². The predicted molar refractivity (Wildman–Crippen MR) is 44.7 cm³/mol. The van der Waals surface area contributed by atoms with Crippen LogP contribution in [0.5, 0.6) is 0 Å². The minimum Gasteiger partial charge on any atom is -0.548 e. The zero-order valence-corrected chi connectivity index (χ0v) is 11.2. The van der Waals surface area contributed by atoms with E-state index in [-0.39, 0.29) is 19.5 Å². The molecule has 1 aromatic heterocycles. The molecule has 82 valence electrons. The molecule has 0 spiro atoms. The molecule has 8 heteroatoms. The van der Waals surface area contributed by atoms with Crippen LogP contribution in [0.2, 0.25) is 0 Å². The maximum atomic E-state index is 9.86. The number of hydrogen-bond donors (Lipinski definition) is 2. The van der Waals surface area contributed by atoms with Crippen LogP contribution >= 0.6 is 0 Å². The molecule has 0 aliphatic carbocycles. The second-order valence-electron chi connectivity index (χ2n) is 2.18. The SMILES string of the molecule is O=C([O-])C=Cc1c[nH]cn1.O=C([O-])CO.[Zn+2]. The maximum Gasteiger partial charge on any atom is 2.00 e. The number of nitrogens with one attached hydrogen (secondary N) is 1. The van der Waals surface area contributed by atoms with Crippen LogP contribution in [-0.2, 0) is 29.1 Å². The molecule has 0 saturated heterocycles. The van der Waals surface area contributed by atoms with Crippen molar-refractivity contribution in [3.8, 4) is 0 Å². The molecular weight excluding hydrogens is 269 g/mol. The number of imidazole rings is 1. The summed E-state index contributed by atoms with van der Waals surface area (Å²) in [5, 5.41) is 26.3. The maximum absolute atomic E-state index is 9.86. The summed E-state index contributed by atoms with van der Waals surface area (Å²) < 4.78 is 0. The van der Waals surface area contributed by atoms with E-state index in [1.807, 2.05) is 0 Å². The Bertz CT molecular complexity index is 336. The van der Waals surface area contributed by atoms with Crippen molar-refractivity contribution in [2.45, 2.75) is 0 Å². The molecule has 0 bridgehead atoms. The first-order chi connectivity index (χ1) is 7.06. The molecule has 1 heterocycles. The molecule has 0 fully saturated rings. The number of carbonyl (C=O) groups excluding carboxylic acids is 2. The molecule has 16 heavy (non-hydrogen) atoms. The van der Waals surface area contributed by atoms with Gasteiger partial charge in [0.15, 0.2) is 0 Å². The quantitative estimate of drug-likeness (QED) is 0.445. The van der Waals surface area contributed by atoms with Gasteiger partial charge in [-0.3, -0.25) is 0 Å². The predicted octanol–water partition coefficient (Wildman–Crippen LogP) is -3.10. The van der Waals surface area contributed by atoms with Crippen molar-refractivity contribution >= 4 is 18.0 Å². The van der Waals surface area contributed by atoms with Gasteiger partial charge in [0.2, 0.25) is 0 Å². The van der Waals surface area contributed by atoms with Gasteiger partial charge in [-0.25, -0.2) is 4.98 Å². The van der Waals surface area contributed by atoms with Gasteiger partial charge in [-0.1, -0.05) is 0 Å². The third-order valence-corrected chi connectivity index (χ3v) is 1.04. The number of H-pyrrole nitrogens is 1. The van der Waals surface area contributed by atoms with E-state index in [4.69, 9.17) is 15.0 Å². The minimum atomic E-state index is -1.44. The second kappa shape index (κ2) is 10.0. The molecule has 2 N–H and O–H groups in total. The summed E-state index contributed by atoms with van der Waals surface area (Å²) in [6, 6.07) is 0. The van der Waals surface area contributed by atoms with Gasteiger partial charge in [0, 0.05) is 6.20 Å². The normalized spacial score (nSPS) is 8.81. The number of nitrogens with zero attached hydrogens (tertiary/aromatic N) is 1. The first-order valence-electron chi connectivity index (χ1n) is 3.74. The summed E-state index contributed by atoms with van der Waals surface area (Å²) in [5.41, 5.74) is 0.573. The third-order valence-electron chi connectivity index (χ3n) is 1.04. The van der Waals surface area contributed by atoms with Crippen molar-refractivity contribution in [2.75, 3.05) is 6.61 Å². The van der Waals surface area contributed by atoms with Crippen LogP contribution in [0.1, 0.15) is 5.69 Å². The number of aliphatic carboxylic acids is 2. The fourth-order valence-corrected chi connectivity index (χ4v) is 0.516. The molecule has 0 atom stereocenters. The van der Waals surface area contributed by atoms with Crippen LogP contribution in [0.15, 0.2) is 18.6 Å². The summed E-state index contributed by atoms with van der Waals surface area (Å²) in [4.78, 5) is 25.3. The van der Waals surface area contributed by atoms with E-state index in [1.54, 1.807) is 6.20 Å². The monoisotopic (exact) mass is 276 g/mol. The van der Waals surface area contributed by atoms with Crippen LogP contribution in [0.4, 0.5) is 0 Å². The number of aromatic nitrogens is 2. The zero-order valence-electron chi connectivity index (χ0n) is 8.25. The van der Waals surface area contributed by atoms with E-state index >= 15 is 0 Å². The van der Waals surface area contributed by atoms with Gasteiger partial charge >= 0.3 is 19.5 Å². The van der Waals surface area contributed by atoms with Gasteiger partial charge < -0.3 is 29.9 Å². The number of carboxylic acid groups (broad SMARTS) is 2. The molecule has 0 aliphatic heterocycles. The van der Waals surface area contributed by atoms with E-state index in [2.05, 4.69) is 9.97 Å². The molecule has 1 aromatic rings. The van der Waals surface area contributed by atoms with Gasteiger partial charge in [0.1, 0.15) is 0 Å². The minimum absolute atomic E-state index is 0. The fourth-order valence-electron chi connectivity index (χ4n) is 0.516.